The Morgan fingerprint density at radius 3 is 1.70 bits per heavy atom. The normalized spacial score (nSPS) is 10.6. The zero-order valence-electron chi connectivity index (χ0n) is 13.1. The third-order valence-corrected chi connectivity index (χ3v) is 4.31. The third kappa shape index (κ3) is 5.91. The Hall–Kier alpha value is -1.48. The van der Waals surface area contributed by atoms with Gasteiger partial charge in [0.1, 0.15) is 11.6 Å². The van der Waals surface area contributed by atoms with Crippen LogP contribution in [0.1, 0.15) is 43.2 Å². The molecule has 23 heavy (non-hydrogen) atoms. The average molecular weight is 379 g/mol. The lowest BCUT2D eigenvalue weighted by atomic mass is 9.96. The van der Waals surface area contributed by atoms with E-state index >= 15 is 0 Å². The van der Waals surface area contributed by atoms with Crippen LogP contribution in [-0.2, 0) is 0 Å². The monoisotopic (exact) mass is 378 g/mol. The maximum absolute atomic E-state index is 13.2. The van der Waals surface area contributed by atoms with Crippen molar-refractivity contribution in [3.05, 3.63) is 77.4 Å². The highest BCUT2D eigenvalue weighted by Crippen LogP contribution is 2.25. The Labute approximate surface area is 145 Å². The van der Waals surface area contributed by atoms with Gasteiger partial charge in [-0.05, 0) is 60.2 Å². The molecule has 2 aromatic carbocycles. The summed E-state index contributed by atoms with van der Waals surface area (Å²) in [7, 11) is 0. The molecule has 0 saturated heterocycles. The molecule has 0 aliphatic heterocycles. The van der Waals surface area contributed by atoms with Gasteiger partial charge in [0.2, 0.25) is 0 Å². The Morgan fingerprint density at radius 2 is 1.22 bits per heavy atom. The summed E-state index contributed by atoms with van der Waals surface area (Å²) in [6.45, 7) is 0. The zero-order valence-corrected chi connectivity index (χ0v) is 14.7. The van der Waals surface area contributed by atoms with E-state index in [1.807, 2.05) is 0 Å². The standard InChI is InChI=1S/C20H21BrF2/c21-15-5-3-1-2-4-6-20(16-7-11-18(22)12-8-16)17-9-13-19(23)14-10-17/h6-14H,1-5,15H2. The van der Waals surface area contributed by atoms with Gasteiger partial charge in [-0.1, -0.05) is 59.1 Å². The van der Waals surface area contributed by atoms with Crippen LogP contribution in [0.15, 0.2) is 54.6 Å². The first-order valence-electron chi connectivity index (χ1n) is 7.98. The first-order chi connectivity index (χ1) is 11.2. The highest BCUT2D eigenvalue weighted by molar-refractivity contribution is 9.09. The van der Waals surface area contributed by atoms with Gasteiger partial charge < -0.3 is 0 Å². The van der Waals surface area contributed by atoms with Gasteiger partial charge in [-0.2, -0.15) is 0 Å². The molecule has 0 saturated carbocycles. The second kappa shape index (κ2) is 9.61. The quantitative estimate of drug-likeness (QED) is 0.352. The van der Waals surface area contributed by atoms with Crippen LogP contribution in [0.3, 0.4) is 0 Å². The highest BCUT2D eigenvalue weighted by Gasteiger charge is 2.05. The van der Waals surface area contributed by atoms with E-state index < -0.39 is 0 Å². The SMILES string of the molecule is Fc1ccc(C(=CCCCCCCBr)c2ccc(F)cc2)cc1. The van der Waals surface area contributed by atoms with Crippen LogP contribution in [0, 0.1) is 11.6 Å². The van der Waals surface area contributed by atoms with Crippen LogP contribution in [-0.4, -0.2) is 5.33 Å². The lowest BCUT2D eigenvalue weighted by molar-refractivity contribution is 0.627. The Bertz CT molecular complexity index is 568. The molecule has 0 heterocycles. The van der Waals surface area contributed by atoms with Crippen LogP contribution in [0.2, 0.25) is 0 Å². The summed E-state index contributed by atoms with van der Waals surface area (Å²) in [6, 6.07) is 12.9. The van der Waals surface area contributed by atoms with Crippen LogP contribution in [0.25, 0.3) is 5.57 Å². The number of hydrogen-bond acceptors (Lipinski definition) is 0. The van der Waals surface area contributed by atoms with Gasteiger partial charge in [-0.3, -0.25) is 0 Å². The minimum absolute atomic E-state index is 0.248. The molecule has 0 spiro atoms. The second-order valence-electron chi connectivity index (χ2n) is 5.52. The molecule has 0 radical (unpaired) electrons. The summed E-state index contributed by atoms with van der Waals surface area (Å²) in [4.78, 5) is 0. The first-order valence-corrected chi connectivity index (χ1v) is 9.11. The molecule has 0 aromatic heterocycles. The number of benzene rings is 2. The van der Waals surface area contributed by atoms with E-state index in [4.69, 9.17) is 0 Å². The number of rotatable bonds is 8. The maximum Gasteiger partial charge on any atom is 0.123 e. The molecule has 0 bridgehead atoms. The molecule has 3 heteroatoms. The molecule has 0 amide bonds. The first kappa shape index (κ1) is 17.9. The van der Waals surface area contributed by atoms with Crippen molar-refractivity contribution in [2.75, 3.05) is 5.33 Å². The van der Waals surface area contributed by atoms with Crippen molar-refractivity contribution in [2.45, 2.75) is 32.1 Å². The molecule has 0 atom stereocenters. The number of hydrogen-bond donors (Lipinski definition) is 0. The van der Waals surface area contributed by atoms with Gasteiger partial charge >= 0.3 is 0 Å². The van der Waals surface area contributed by atoms with Gasteiger partial charge in [0, 0.05) is 5.33 Å². The minimum atomic E-state index is -0.248. The molecule has 2 rings (SSSR count). The van der Waals surface area contributed by atoms with E-state index in [1.54, 1.807) is 24.3 Å². The van der Waals surface area contributed by atoms with E-state index in [-0.39, 0.29) is 11.6 Å². The van der Waals surface area contributed by atoms with Gasteiger partial charge in [0.15, 0.2) is 0 Å². The Balaban J connectivity index is 2.14. The molecular weight excluding hydrogens is 358 g/mol. The van der Waals surface area contributed by atoms with Gasteiger partial charge in [0.25, 0.3) is 0 Å². The Kier molecular flexibility index (Phi) is 7.47. The summed E-state index contributed by atoms with van der Waals surface area (Å²) >= 11 is 3.44. The van der Waals surface area contributed by atoms with Crippen LogP contribution >= 0.6 is 15.9 Å². The highest BCUT2D eigenvalue weighted by atomic mass is 79.9. The number of halogens is 3. The molecule has 0 N–H and O–H groups in total. The molecule has 0 unspecified atom stereocenters. The number of unbranched alkanes of at least 4 members (excludes halogenated alkanes) is 4. The van der Waals surface area contributed by atoms with Crippen molar-refractivity contribution in [3.63, 3.8) is 0 Å². The fourth-order valence-corrected chi connectivity index (χ4v) is 2.90. The minimum Gasteiger partial charge on any atom is -0.207 e. The fraction of sp³-hybridized carbons (Fsp3) is 0.300. The maximum atomic E-state index is 13.2. The van der Waals surface area contributed by atoms with Crippen LogP contribution in [0.5, 0.6) is 0 Å². The van der Waals surface area contributed by atoms with Crippen molar-refractivity contribution >= 4 is 21.5 Å². The lowest BCUT2D eigenvalue weighted by Gasteiger charge is -2.09. The molecule has 0 aliphatic carbocycles. The van der Waals surface area contributed by atoms with Crippen molar-refractivity contribution in [1.82, 2.24) is 0 Å². The predicted octanol–water partition coefficient (Wildman–Crippen LogP) is 6.74. The summed E-state index contributed by atoms with van der Waals surface area (Å²) in [5, 5.41) is 1.05. The van der Waals surface area contributed by atoms with Crippen LogP contribution < -0.4 is 0 Å². The van der Waals surface area contributed by atoms with Gasteiger partial charge in [-0.25, -0.2) is 8.78 Å². The van der Waals surface area contributed by atoms with E-state index in [1.165, 1.54) is 43.5 Å². The number of alkyl halides is 1. The molecule has 0 aliphatic rings. The van der Waals surface area contributed by atoms with Crippen molar-refractivity contribution in [1.29, 1.82) is 0 Å². The molecule has 2 aromatic rings. The smallest absolute Gasteiger partial charge is 0.123 e. The summed E-state index contributed by atoms with van der Waals surface area (Å²) in [5.41, 5.74) is 2.95. The second-order valence-corrected chi connectivity index (χ2v) is 6.32. The summed E-state index contributed by atoms with van der Waals surface area (Å²) in [5.74, 6) is -0.496. The van der Waals surface area contributed by atoms with Gasteiger partial charge in [0.05, 0.1) is 0 Å². The van der Waals surface area contributed by atoms with E-state index in [0.29, 0.717) is 0 Å². The van der Waals surface area contributed by atoms with E-state index in [0.717, 1.165) is 34.9 Å². The third-order valence-electron chi connectivity index (χ3n) is 3.75. The Morgan fingerprint density at radius 1 is 0.739 bits per heavy atom. The summed E-state index contributed by atoms with van der Waals surface area (Å²) in [6.07, 6.45) is 7.89. The molecule has 122 valence electrons. The van der Waals surface area contributed by atoms with Crippen LogP contribution in [0.4, 0.5) is 8.78 Å². The van der Waals surface area contributed by atoms with Crippen molar-refractivity contribution < 1.29 is 8.78 Å². The molecular formula is C20H21BrF2. The van der Waals surface area contributed by atoms with Gasteiger partial charge in [-0.15, -0.1) is 0 Å². The average Bonchev–Trinajstić information content (AvgIpc) is 2.57. The van der Waals surface area contributed by atoms with Crippen molar-refractivity contribution in [3.8, 4) is 0 Å². The van der Waals surface area contributed by atoms with E-state index in [2.05, 4.69) is 22.0 Å². The lowest BCUT2D eigenvalue weighted by Crippen LogP contribution is -1.90. The fourth-order valence-electron chi connectivity index (χ4n) is 2.50. The largest absolute Gasteiger partial charge is 0.207 e. The molecule has 0 nitrogen and oxygen atoms in total. The predicted molar refractivity (Wildman–Crippen MR) is 96.8 cm³/mol. The summed E-state index contributed by atoms with van der Waals surface area (Å²) < 4.78 is 26.3. The number of allylic oxidation sites excluding steroid dienone is 1. The molecule has 0 fully saturated rings. The zero-order chi connectivity index (χ0) is 16.5. The van der Waals surface area contributed by atoms with E-state index in [9.17, 15) is 8.78 Å². The topological polar surface area (TPSA) is 0 Å². The van der Waals surface area contributed by atoms with Crippen molar-refractivity contribution in [2.24, 2.45) is 0 Å².